The molecule has 20 heavy (non-hydrogen) atoms. The van der Waals surface area contributed by atoms with Gasteiger partial charge >= 0.3 is 0 Å². The molecule has 1 saturated carbocycles. The van der Waals surface area contributed by atoms with Gasteiger partial charge in [-0.1, -0.05) is 0 Å². The van der Waals surface area contributed by atoms with Gasteiger partial charge in [0.15, 0.2) is 5.65 Å². The van der Waals surface area contributed by atoms with Gasteiger partial charge in [0.05, 0.1) is 24.3 Å². The molecule has 0 bridgehead atoms. The fraction of sp³-hybridized carbons (Fsp3) is 0.500. The van der Waals surface area contributed by atoms with Crippen LogP contribution >= 0.6 is 0 Å². The van der Waals surface area contributed by atoms with Crippen molar-refractivity contribution in [2.45, 2.75) is 25.3 Å². The largest absolute Gasteiger partial charge is 0.377 e. The number of ether oxygens (including phenoxy) is 1. The van der Waals surface area contributed by atoms with Crippen LogP contribution in [0.5, 0.6) is 0 Å². The van der Waals surface area contributed by atoms with Gasteiger partial charge in [0, 0.05) is 23.8 Å². The van der Waals surface area contributed by atoms with E-state index in [1.54, 1.807) is 6.20 Å². The van der Waals surface area contributed by atoms with Gasteiger partial charge in [0.2, 0.25) is 0 Å². The van der Waals surface area contributed by atoms with Crippen molar-refractivity contribution in [2.75, 3.05) is 19.8 Å². The average molecular weight is 272 g/mol. The van der Waals surface area contributed by atoms with Gasteiger partial charge in [-0.2, -0.15) is 5.10 Å². The molecule has 1 N–H and O–H groups in total. The van der Waals surface area contributed by atoms with Crippen LogP contribution in [0.1, 0.15) is 28.9 Å². The topological polar surface area (TPSA) is 71.1 Å². The summed E-state index contributed by atoms with van der Waals surface area (Å²) < 4.78 is 5.52. The summed E-state index contributed by atoms with van der Waals surface area (Å²) in [5, 5.41) is 7.90. The number of amides is 1. The summed E-state index contributed by atoms with van der Waals surface area (Å²) in [6, 6.07) is 1.88. The van der Waals surface area contributed by atoms with Crippen molar-refractivity contribution in [1.29, 1.82) is 0 Å². The van der Waals surface area contributed by atoms with Crippen LogP contribution in [0.25, 0.3) is 11.0 Å². The van der Waals surface area contributed by atoms with Crippen LogP contribution in [0, 0.1) is 6.92 Å². The Labute approximate surface area is 116 Å². The standard InChI is InChI=1S/C14H16N4O2/c1-9-11-6-10(7-15-12(11)17-16-9)13(19)18-4-5-20-8-14(18)2-3-14/h6-7H,2-5,8H2,1H3,(H,15,16,17). The first-order chi connectivity index (χ1) is 9.70. The summed E-state index contributed by atoms with van der Waals surface area (Å²) >= 11 is 0. The van der Waals surface area contributed by atoms with Crippen LogP contribution in [0.15, 0.2) is 12.3 Å². The Morgan fingerprint density at radius 1 is 1.50 bits per heavy atom. The van der Waals surface area contributed by atoms with E-state index in [9.17, 15) is 4.79 Å². The summed E-state index contributed by atoms with van der Waals surface area (Å²) in [6.45, 7) is 3.89. The van der Waals surface area contributed by atoms with Gasteiger partial charge in [-0.15, -0.1) is 0 Å². The molecule has 4 rings (SSSR count). The first-order valence-electron chi connectivity index (χ1n) is 6.90. The Morgan fingerprint density at radius 3 is 3.15 bits per heavy atom. The molecule has 2 aliphatic rings. The molecule has 6 nitrogen and oxygen atoms in total. The Hall–Kier alpha value is -1.95. The van der Waals surface area contributed by atoms with E-state index >= 15 is 0 Å². The van der Waals surface area contributed by atoms with Crippen LogP contribution < -0.4 is 0 Å². The maximum atomic E-state index is 12.7. The number of fused-ring (bicyclic) bond motifs is 1. The van der Waals surface area contributed by atoms with Crippen molar-refractivity contribution in [3.05, 3.63) is 23.5 Å². The molecule has 2 aromatic rings. The lowest BCUT2D eigenvalue weighted by molar-refractivity contribution is -0.0117. The van der Waals surface area contributed by atoms with Crippen LogP contribution in [-0.4, -0.2) is 51.3 Å². The fourth-order valence-electron chi connectivity index (χ4n) is 2.90. The number of aromatic amines is 1. The number of H-pyrrole nitrogens is 1. The van der Waals surface area contributed by atoms with Gasteiger partial charge < -0.3 is 9.64 Å². The minimum absolute atomic E-state index is 0.0459. The van der Waals surface area contributed by atoms with E-state index in [2.05, 4.69) is 15.2 Å². The minimum atomic E-state index is -0.0459. The molecule has 6 heteroatoms. The monoisotopic (exact) mass is 272 g/mol. The molecule has 3 heterocycles. The van der Waals surface area contributed by atoms with E-state index in [1.807, 2.05) is 17.9 Å². The second-order valence-corrected chi connectivity index (χ2v) is 5.68. The van der Waals surface area contributed by atoms with Crippen molar-refractivity contribution in [3.8, 4) is 0 Å². The van der Waals surface area contributed by atoms with E-state index in [1.165, 1.54) is 0 Å². The maximum absolute atomic E-state index is 12.7. The number of pyridine rings is 1. The highest BCUT2D eigenvalue weighted by Crippen LogP contribution is 2.44. The Bertz CT molecular complexity index is 690. The van der Waals surface area contributed by atoms with Gasteiger partial charge in [-0.05, 0) is 25.8 Å². The smallest absolute Gasteiger partial charge is 0.256 e. The van der Waals surface area contributed by atoms with E-state index in [4.69, 9.17) is 4.74 Å². The third-order valence-corrected chi connectivity index (χ3v) is 4.32. The molecular formula is C14H16N4O2. The summed E-state index contributed by atoms with van der Waals surface area (Å²) in [5.41, 5.74) is 2.18. The minimum Gasteiger partial charge on any atom is -0.377 e. The predicted molar refractivity (Wildman–Crippen MR) is 72.4 cm³/mol. The number of carbonyl (C=O) groups excluding carboxylic acids is 1. The molecule has 1 aliphatic heterocycles. The number of nitrogens with one attached hydrogen (secondary N) is 1. The highest BCUT2D eigenvalue weighted by Gasteiger charge is 2.52. The molecule has 0 radical (unpaired) electrons. The van der Waals surface area contributed by atoms with Crippen LogP contribution in [-0.2, 0) is 4.74 Å². The summed E-state index contributed by atoms with van der Waals surface area (Å²) in [4.78, 5) is 19.0. The second kappa shape index (κ2) is 4.02. The summed E-state index contributed by atoms with van der Waals surface area (Å²) in [6.07, 6.45) is 3.70. The molecule has 2 fully saturated rings. The Kier molecular flexibility index (Phi) is 2.38. The van der Waals surface area contributed by atoms with E-state index < -0.39 is 0 Å². The molecule has 1 aliphatic carbocycles. The van der Waals surface area contributed by atoms with Gasteiger partial charge in [0.1, 0.15) is 0 Å². The zero-order chi connectivity index (χ0) is 13.7. The number of carbonyl (C=O) groups is 1. The fourth-order valence-corrected chi connectivity index (χ4v) is 2.90. The lowest BCUT2D eigenvalue weighted by Gasteiger charge is -2.36. The maximum Gasteiger partial charge on any atom is 0.256 e. The number of aromatic nitrogens is 3. The highest BCUT2D eigenvalue weighted by molar-refractivity contribution is 5.98. The molecule has 0 unspecified atom stereocenters. The lowest BCUT2D eigenvalue weighted by atomic mass is 10.1. The first-order valence-corrected chi connectivity index (χ1v) is 6.90. The van der Waals surface area contributed by atoms with Crippen molar-refractivity contribution >= 4 is 16.9 Å². The SMILES string of the molecule is Cc1[nH]nc2ncc(C(=O)N3CCOCC34CC4)cc12. The Balaban J connectivity index is 1.71. The zero-order valence-corrected chi connectivity index (χ0v) is 11.3. The van der Waals surface area contributed by atoms with Gasteiger partial charge in [-0.3, -0.25) is 9.89 Å². The van der Waals surface area contributed by atoms with Crippen LogP contribution in [0.3, 0.4) is 0 Å². The highest BCUT2D eigenvalue weighted by atomic mass is 16.5. The number of morpholine rings is 1. The summed E-state index contributed by atoms with van der Waals surface area (Å²) in [7, 11) is 0. The molecule has 1 saturated heterocycles. The van der Waals surface area contributed by atoms with E-state index in [0.29, 0.717) is 31.0 Å². The molecule has 1 amide bonds. The van der Waals surface area contributed by atoms with Crippen molar-refractivity contribution in [1.82, 2.24) is 20.1 Å². The summed E-state index contributed by atoms with van der Waals surface area (Å²) in [5.74, 6) is 0.0563. The normalized spacial score (nSPS) is 20.6. The zero-order valence-electron chi connectivity index (χ0n) is 11.3. The van der Waals surface area contributed by atoms with Crippen molar-refractivity contribution in [2.24, 2.45) is 0 Å². The predicted octanol–water partition coefficient (Wildman–Crippen LogP) is 1.27. The molecule has 2 aromatic heterocycles. The third-order valence-electron chi connectivity index (χ3n) is 4.32. The Morgan fingerprint density at radius 2 is 2.35 bits per heavy atom. The molecule has 1 spiro atoms. The molecule has 104 valence electrons. The number of nitrogens with zero attached hydrogens (tertiary/aromatic N) is 3. The molecule has 0 aromatic carbocycles. The van der Waals surface area contributed by atoms with Gasteiger partial charge in [0.25, 0.3) is 5.91 Å². The average Bonchev–Trinajstić information content (AvgIpc) is 3.14. The number of hydrogen-bond donors (Lipinski definition) is 1. The molecule has 0 atom stereocenters. The number of aryl methyl sites for hydroxylation is 1. The van der Waals surface area contributed by atoms with E-state index in [-0.39, 0.29) is 11.4 Å². The second-order valence-electron chi connectivity index (χ2n) is 5.68. The number of rotatable bonds is 1. The quantitative estimate of drug-likeness (QED) is 0.848. The van der Waals surface area contributed by atoms with Crippen molar-refractivity contribution in [3.63, 3.8) is 0 Å². The number of hydrogen-bond acceptors (Lipinski definition) is 4. The lowest BCUT2D eigenvalue weighted by Crippen LogP contribution is -2.50. The van der Waals surface area contributed by atoms with Crippen LogP contribution in [0.2, 0.25) is 0 Å². The van der Waals surface area contributed by atoms with E-state index in [0.717, 1.165) is 23.9 Å². The van der Waals surface area contributed by atoms with Gasteiger partial charge in [-0.25, -0.2) is 4.98 Å². The van der Waals surface area contributed by atoms with Crippen LogP contribution in [0.4, 0.5) is 0 Å². The third kappa shape index (κ3) is 1.64. The van der Waals surface area contributed by atoms with Crippen molar-refractivity contribution < 1.29 is 9.53 Å². The first kappa shape index (κ1) is 11.8. The molecular weight excluding hydrogens is 256 g/mol.